The van der Waals surface area contributed by atoms with Gasteiger partial charge in [-0.25, -0.2) is 4.79 Å². The molecule has 0 spiro atoms. The molecule has 0 heterocycles. The van der Waals surface area contributed by atoms with Gasteiger partial charge >= 0.3 is 6.09 Å². The van der Waals surface area contributed by atoms with Gasteiger partial charge in [0.05, 0.1) is 7.11 Å². The molecule has 0 rings (SSSR count). The minimum absolute atomic E-state index is 0.0341. The van der Waals surface area contributed by atoms with Crippen LogP contribution in [0.15, 0.2) is 0 Å². The summed E-state index contributed by atoms with van der Waals surface area (Å²) >= 11 is 0. The van der Waals surface area contributed by atoms with Crippen LogP contribution in [-0.4, -0.2) is 43.1 Å². The molecule has 0 saturated heterocycles. The van der Waals surface area contributed by atoms with E-state index in [9.17, 15) is 9.59 Å². The fraction of sp³-hybridized carbons (Fsp3) is 0.800. The minimum Gasteiger partial charge on any atom is -0.453 e. The standard InChI is InChI=1S/C10H20N2O3/c1-5-11-9(13)6-7-12(8(2)3)10(14)15-4/h8H,5-7H2,1-4H3,(H,11,13). The highest BCUT2D eigenvalue weighted by molar-refractivity contribution is 5.77. The maximum atomic E-state index is 11.3. The summed E-state index contributed by atoms with van der Waals surface area (Å²) in [5, 5.41) is 2.68. The summed E-state index contributed by atoms with van der Waals surface area (Å²) in [5.41, 5.74) is 0. The van der Waals surface area contributed by atoms with E-state index in [1.54, 1.807) is 0 Å². The minimum atomic E-state index is -0.394. The largest absolute Gasteiger partial charge is 0.453 e. The average Bonchev–Trinajstić information content (AvgIpc) is 2.17. The molecule has 0 aliphatic rings. The highest BCUT2D eigenvalue weighted by atomic mass is 16.5. The Bertz CT molecular complexity index is 217. The molecule has 5 heteroatoms. The van der Waals surface area contributed by atoms with E-state index in [2.05, 4.69) is 10.1 Å². The third kappa shape index (κ3) is 5.24. The molecule has 5 nitrogen and oxygen atoms in total. The lowest BCUT2D eigenvalue weighted by Gasteiger charge is -2.24. The Kier molecular flexibility index (Phi) is 6.49. The quantitative estimate of drug-likeness (QED) is 0.745. The van der Waals surface area contributed by atoms with Crippen molar-refractivity contribution in [2.75, 3.05) is 20.2 Å². The Hall–Kier alpha value is -1.26. The second-order valence-electron chi connectivity index (χ2n) is 3.46. The van der Waals surface area contributed by atoms with Crippen molar-refractivity contribution >= 4 is 12.0 Å². The van der Waals surface area contributed by atoms with E-state index in [-0.39, 0.29) is 11.9 Å². The van der Waals surface area contributed by atoms with E-state index in [1.807, 2.05) is 20.8 Å². The first-order valence-corrected chi connectivity index (χ1v) is 5.14. The van der Waals surface area contributed by atoms with Crippen LogP contribution in [0.5, 0.6) is 0 Å². The Morgan fingerprint density at radius 2 is 2.00 bits per heavy atom. The maximum Gasteiger partial charge on any atom is 0.409 e. The highest BCUT2D eigenvalue weighted by Crippen LogP contribution is 2.02. The van der Waals surface area contributed by atoms with Crippen LogP contribution < -0.4 is 5.32 Å². The molecule has 15 heavy (non-hydrogen) atoms. The normalized spacial score (nSPS) is 9.93. The molecule has 0 bridgehead atoms. The summed E-state index contributed by atoms with van der Waals surface area (Å²) in [6.45, 7) is 6.62. The Labute approximate surface area is 90.8 Å². The zero-order chi connectivity index (χ0) is 11.8. The number of hydrogen-bond acceptors (Lipinski definition) is 3. The summed E-state index contributed by atoms with van der Waals surface area (Å²) in [7, 11) is 1.34. The molecule has 0 aromatic carbocycles. The summed E-state index contributed by atoms with van der Waals surface area (Å²) in [4.78, 5) is 24.0. The number of carbonyl (C=O) groups is 2. The van der Waals surface area contributed by atoms with Gasteiger partial charge < -0.3 is 15.0 Å². The van der Waals surface area contributed by atoms with Gasteiger partial charge in [-0.3, -0.25) is 4.79 Å². The number of nitrogens with one attached hydrogen (secondary N) is 1. The summed E-state index contributed by atoms with van der Waals surface area (Å²) in [6.07, 6.45) is -0.0875. The van der Waals surface area contributed by atoms with E-state index in [1.165, 1.54) is 12.0 Å². The molecule has 0 aliphatic heterocycles. The highest BCUT2D eigenvalue weighted by Gasteiger charge is 2.17. The summed E-state index contributed by atoms with van der Waals surface area (Å²) in [6, 6.07) is 0.0341. The molecule has 0 atom stereocenters. The first kappa shape index (κ1) is 13.7. The van der Waals surface area contributed by atoms with Crippen molar-refractivity contribution < 1.29 is 14.3 Å². The number of ether oxygens (including phenoxy) is 1. The van der Waals surface area contributed by atoms with Gasteiger partial charge in [0, 0.05) is 25.6 Å². The van der Waals surface area contributed by atoms with Gasteiger partial charge in [-0.2, -0.15) is 0 Å². The lowest BCUT2D eigenvalue weighted by Crippen LogP contribution is -2.39. The fourth-order valence-electron chi connectivity index (χ4n) is 1.19. The summed E-state index contributed by atoms with van der Waals surface area (Å²) < 4.78 is 4.62. The van der Waals surface area contributed by atoms with Crippen LogP contribution >= 0.6 is 0 Å². The van der Waals surface area contributed by atoms with Crippen molar-refractivity contribution in [2.45, 2.75) is 33.2 Å². The van der Waals surface area contributed by atoms with Gasteiger partial charge in [-0.1, -0.05) is 0 Å². The van der Waals surface area contributed by atoms with Gasteiger partial charge in [-0.15, -0.1) is 0 Å². The molecule has 0 unspecified atom stereocenters. The molecule has 88 valence electrons. The number of methoxy groups -OCH3 is 1. The molecule has 0 saturated carbocycles. The monoisotopic (exact) mass is 216 g/mol. The van der Waals surface area contributed by atoms with Crippen LogP contribution in [0, 0.1) is 0 Å². The van der Waals surface area contributed by atoms with Crippen molar-refractivity contribution in [1.29, 1.82) is 0 Å². The van der Waals surface area contributed by atoms with E-state index < -0.39 is 6.09 Å². The fourth-order valence-corrected chi connectivity index (χ4v) is 1.19. The second-order valence-corrected chi connectivity index (χ2v) is 3.46. The first-order chi connectivity index (χ1) is 7.02. The third-order valence-corrected chi connectivity index (χ3v) is 1.99. The lowest BCUT2D eigenvalue weighted by atomic mass is 10.3. The maximum absolute atomic E-state index is 11.3. The molecule has 0 aromatic heterocycles. The van der Waals surface area contributed by atoms with Crippen LogP contribution in [0.3, 0.4) is 0 Å². The number of nitrogens with zero attached hydrogens (tertiary/aromatic N) is 1. The number of rotatable bonds is 5. The number of amides is 2. The Balaban J connectivity index is 4.07. The molecule has 2 amide bonds. The SMILES string of the molecule is CCNC(=O)CCN(C(=O)OC)C(C)C. The van der Waals surface area contributed by atoms with Gasteiger partial charge in [0.25, 0.3) is 0 Å². The number of carbonyl (C=O) groups excluding carboxylic acids is 2. The van der Waals surface area contributed by atoms with Gasteiger partial charge in [0.2, 0.25) is 5.91 Å². The first-order valence-electron chi connectivity index (χ1n) is 5.14. The van der Waals surface area contributed by atoms with Crippen LogP contribution in [0.1, 0.15) is 27.2 Å². The van der Waals surface area contributed by atoms with E-state index >= 15 is 0 Å². The van der Waals surface area contributed by atoms with Gasteiger partial charge in [0.1, 0.15) is 0 Å². The van der Waals surface area contributed by atoms with Crippen molar-refractivity contribution in [1.82, 2.24) is 10.2 Å². The van der Waals surface area contributed by atoms with Gasteiger partial charge in [-0.05, 0) is 20.8 Å². The van der Waals surface area contributed by atoms with Crippen LogP contribution in [0.4, 0.5) is 4.79 Å². The molecule has 0 aliphatic carbocycles. The topological polar surface area (TPSA) is 58.6 Å². The van der Waals surface area contributed by atoms with Crippen molar-refractivity contribution in [3.05, 3.63) is 0 Å². The Morgan fingerprint density at radius 1 is 1.40 bits per heavy atom. The average molecular weight is 216 g/mol. The molecule has 0 aromatic rings. The lowest BCUT2D eigenvalue weighted by molar-refractivity contribution is -0.121. The van der Waals surface area contributed by atoms with Crippen LogP contribution in [0.25, 0.3) is 0 Å². The zero-order valence-electron chi connectivity index (χ0n) is 9.87. The van der Waals surface area contributed by atoms with Crippen molar-refractivity contribution in [3.63, 3.8) is 0 Å². The Morgan fingerprint density at radius 3 is 2.40 bits per heavy atom. The smallest absolute Gasteiger partial charge is 0.409 e. The zero-order valence-corrected chi connectivity index (χ0v) is 9.87. The number of hydrogen-bond donors (Lipinski definition) is 1. The van der Waals surface area contributed by atoms with Gasteiger partial charge in [0.15, 0.2) is 0 Å². The molecular weight excluding hydrogens is 196 g/mol. The van der Waals surface area contributed by atoms with E-state index in [4.69, 9.17) is 0 Å². The molecule has 1 N–H and O–H groups in total. The molecule has 0 radical (unpaired) electrons. The third-order valence-electron chi connectivity index (χ3n) is 1.99. The van der Waals surface area contributed by atoms with Crippen LogP contribution in [0.2, 0.25) is 0 Å². The molecular formula is C10H20N2O3. The van der Waals surface area contributed by atoms with E-state index in [0.29, 0.717) is 19.5 Å². The van der Waals surface area contributed by atoms with E-state index in [0.717, 1.165) is 0 Å². The molecule has 0 fully saturated rings. The predicted molar refractivity (Wildman–Crippen MR) is 57.5 cm³/mol. The predicted octanol–water partition coefficient (Wildman–Crippen LogP) is 0.989. The van der Waals surface area contributed by atoms with Crippen LogP contribution in [-0.2, 0) is 9.53 Å². The summed E-state index contributed by atoms with van der Waals surface area (Å²) in [5.74, 6) is -0.0490. The second kappa shape index (κ2) is 7.09. The van der Waals surface area contributed by atoms with Crippen molar-refractivity contribution in [3.8, 4) is 0 Å². The van der Waals surface area contributed by atoms with Crippen molar-refractivity contribution in [2.24, 2.45) is 0 Å².